The second-order valence-electron chi connectivity index (χ2n) is 4.30. The summed E-state index contributed by atoms with van der Waals surface area (Å²) >= 11 is 1.71. The average Bonchev–Trinajstić information content (AvgIpc) is 2.97. The first-order valence-electron chi connectivity index (χ1n) is 6.39. The maximum Gasteiger partial charge on any atom is 0.0897 e. The monoisotopic (exact) mass is 264 g/mol. The standard InChI is InChI=1S/C13H20N4S/c1-4-14-13(6-12-9-18-10(3)16-12)11-7-15-17(5-2)8-11/h7-9,13-14H,4-6H2,1-3H3. The van der Waals surface area contributed by atoms with Crippen molar-refractivity contribution in [2.75, 3.05) is 6.54 Å². The van der Waals surface area contributed by atoms with E-state index in [1.807, 2.05) is 17.8 Å². The van der Waals surface area contributed by atoms with E-state index in [4.69, 9.17) is 0 Å². The molecule has 0 aromatic carbocycles. The van der Waals surface area contributed by atoms with Gasteiger partial charge in [-0.2, -0.15) is 5.10 Å². The third kappa shape index (κ3) is 3.17. The molecular formula is C13H20N4S. The topological polar surface area (TPSA) is 42.7 Å². The molecular weight excluding hydrogens is 244 g/mol. The Morgan fingerprint density at radius 2 is 2.28 bits per heavy atom. The van der Waals surface area contributed by atoms with Gasteiger partial charge in [0, 0.05) is 36.1 Å². The van der Waals surface area contributed by atoms with Gasteiger partial charge < -0.3 is 5.32 Å². The van der Waals surface area contributed by atoms with Gasteiger partial charge in [-0.1, -0.05) is 6.92 Å². The highest BCUT2D eigenvalue weighted by atomic mass is 32.1. The average molecular weight is 264 g/mol. The molecule has 0 fully saturated rings. The summed E-state index contributed by atoms with van der Waals surface area (Å²) in [5, 5.41) is 11.1. The second kappa shape index (κ2) is 6.11. The maximum absolute atomic E-state index is 4.54. The fourth-order valence-corrected chi connectivity index (χ4v) is 2.62. The van der Waals surface area contributed by atoms with Gasteiger partial charge in [0.2, 0.25) is 0 Å². The van der Waals surface area contributed by atoms with Crippen LogP contribution in [0.15, 0.2) is 17.8 Å². The molecule has 18 heavy (non-hydrogen) atoms. The first kappa shape index (κ1) is 13.2. The number of nitrogens with one attached hydrogen (secondary N) is 1. The van der Waals surface area contributed by atoms with Gasteiger partial charge in [0.25, 0.3) is 0 Å². The van der Waals surface area contributed by atoms with E-state index in [-0.39, 0.29) is 0 Å². The highest BCUT2D eigenvalue weighted by molar-refractivity contribution is 7.09. The molecule has 2 heterocycles. The molecule has 1 atom stereocenters. The Bertz CT molecular complexity index is 489. The van der Waals surface area contributed by atoms with Crippen LogP contribution in [0.4, 0.5) is 0 Å². The summed E-state index contributed by atoms with van der Waals surface area (Å²) in [6.07, 6.45) is 5.00. The van der Waals surface area contributed by atoms with Gasteiger partial charge in [-0.05, 0) is 20.4 Å². The Kier molecular flexibility index (Phi) is 4.49. The van der Waals surface area contributed by atoms with Crippen LogP contribution in [0.2, 0.25) is 0 Å². The Labute approximate surface area is 112 Å². The maximum atomic E-state index is 4.54. The lowest BCUT2D eigenvalue weighted by atomic mass is 10.1. The molecule has 2 rings (SSSR count). The second-order valence-corrected chi connectivity index (χ2v) is 5.36. The van der Waals surface area contributed by atoms with Gasteiger partial charge in [-0.3, -0.25) is 4.68 Å². The lowest BCUT2D eigenvalue weighted by Gasteiger charge is -2.14. The van der Waals surface area contributed by atoms with Gasteiger partial charge in [0.05, 0.1) is 16.9 Å². The number of aryl methyl sites for hydroxylation is 2. The Balaban J connectivity index is 2.12. The van der Waals surface area contributed by atoms with Crippen LogP contribution in [0.1, 0.15) is 36.2 Å². The fourth-order valence-electron chi connectivity index (χ4n) is 2.00. The zero-order valence-electron chi connectivity index (χ0n) is 11.2. The van der Waals surface area contributed by atoms with Crippen LogP contribution in [-0.4, -0.2) is 21.3 Å². The number of nitrogens with zero attached hydrogens (tertiary/aromatic N) is 3. The van der Waals surface area contributed by atoms with E-state index < -0.39 is 0 Å². The van der Waals surface area contributed by atoms with Gasteiger partial charge in [-0.25, -0.2) is 4.98 Å². The molecule has 1 N–H and O–H groups in total. The van der Waals surface area contributed by atoms with E-state index in [0.29, 0.717) is 6.04 Å². The molecule has 2 aromatic rings. The molecule has 0 bridgehead atoms. The van der Waals surface area contributed by atoms with Crippen molar-refractivity contribution in [2.24, 2.45) is 0 Å². The van der Waals surface area contributed by atoms with Crippen molar-refractivity contribution in [3.8, 4) is 0 Å². The highest BCUT2D eigenvalue weighted by Gasteiger charge is 2.14. The van der Waals surface area contributed by atoms with Crippen LogP contribution in [0.3, 0.4) is 0 Å². The summed E-state index contributed by atoms with van der Waals surface area (Å²) in [6.45, 7) is 8.14. The summed E-state index contributed by atoms with van der Waals surface area (Å²) in [5.74, 6) is 0. The lowest BCUT2D eigenvalue weighted by molar-refractivity contribution is 0.543. The Morgan fingerprint density at radius 3 is 2.83 bits per heavy atom. The van der Waals surface area contributed by atoms with Crippen molar-refractivity contribution in [3.05, 3.63) is 34.0 Å². The molecule has 0 aliphatic heterocycles. The number of likely N-dealkylation sites (N-methyl/N-ethyl adjacent to an activating group) is 1. The summed E-state index contributed by atoms with van der Waals surface area (Å²) in [5.41, 5.74) is 2.40. The van der Waals surface area contributed by atoms with E-state index in [2.05, 4.69) is 40.8 Å². The molecule has 0 saturated heterocycles. The third-order valence-corrected chi connectivity index (χ3v) is 3.73. The molecule has 0 spiro atoms. The molecule has 4 nitrogen and oxygen atoms in total. The first-order chi connectivity index (χ1) is 8.72. The minimum absolute atomic E-state index is 0.303. The summed E-state index contributed by atoms with van der Waals surface area (Å²) in [6, 6.07) is 0.303. The van der Waals surface area contributed by atoms with Gasteiger partial charge in [-0.15, -0.1) is 11.3 Å². The van der Waals surface area contributed by atoms with Crippen molar-refractivity contribution < 1.29 is 0 Å². The molecule has 0 saturated carbocycles. The molecule has 0 amide bonds. The van der Waals surface area contributed by atoms with E-state index >= 15 is 0 Å². The van der Waals surface area contributed by atoms with Crippen LogP contribution in [0, 0.1) is 6.92 Å². The van der Waals surface area contributed by atoms with Crippen molar-refractivity contribution in [3.63, 3.8) is 0 Å². The van der Waals surface area contributed by atoms with E-state index in [1.165, 1.54) is 5.56 Å². The SMILES string of the molecule is CCNC(Cc1csc(C)n1)c1cnn(CC)c1. The smallest absolute Gasteiger partial charge is 0.0897 e. The minimum atomic E-state index is 0.303. The van der Waals surface area contributed by atoms with Crippen molar-refractivity contribution >= 4 is 11.3 Å². The van der Waals surface area contributed by atoms with Crippen molar-refractivity contribution in [1.82, 2.24) is 20.1 Å². The van der Waals surface area contributed by atoms with Crippen LogP contribution < -0.4 is 5.32 Å². The quantitative estimate of drug-likeness (QED) is 0.872. The number of rotatable bonds is 6. The highest BCUT2D eigenvalue weighted by Crippen LogP contribution is 2.19. The molecule has 0 aliphatic carbocycles. The molecule has 98 valence electrons. The normalized spacial score (nSPS) is 12.8. The van der Waals surface area contributed by atoms with Crippen LogP contribution >= 0.6 is 11.3 Å². The molecule has 5 heteroatoms. The minimum Gasteiger partial charge on any atom is -0.310 e. The molecule has 1 unspecified atom stereocenters. The van der Waals surface area contributed by atoms with Crippen LogP contribution in [0.25, 0.3) is 0 Å². The first-order valence-corrected chi connectivity index (χ1v) is 7.27. The Hall–Kier alpha value is -1.20. The molecule has 0 aliphatic rings. The van der Waals surface area contributed by atoms with E-state index in [0.717, 1.165) is 30.2 Å². The number of hydrogen-bond acceptors (Lipinski definition) is 4. The summed E-state index contributed by atoms with van der Waals surface area (Å²) in [4.78, 5) is 4.54. The number of hydrogen-bond donors (Lipinski definition) is 1. The van der Waals surface area contributed by atoms with Crippen LogP contribution in [-0.2, 0) is 13.0 Å². The molecule has 2 aromatic heterocycles. The fraction of sp³-hybridized carbons (Fsp3) is 0.538. The van der Waals surface area contributed by atoms with Crippen LogP contribution in [0.5, 0.6) is 0 Å². The van der Waals surface area contributed by atoms with Crippen molar-refractivity contribution in [1.29, 1.82) is 0 Å². The van der Waals surface area contributed by atoms with Crippen molar-refractivity contribution in [2.45, 2.75) is 39.8 Å². The van der Waals surface area contributed by atoms with E-state index in [9.17, 15) is 0 Å². The van der Waals surface area contributed by atoms with E-state index in [1.54, 1.807) is 11.3 Å². The van der Waals surface area contributed by atoms with Gasteiger partial charge in [0.15, 0.2) is 0 Å². The largest absolute Gasteiger partial charge is 0.310 e. The zero-order valence-corrected chi connectivity index (χ0v) is 12.0. The number of thiazole rings is 1. The zero-order chi connectivity index (χ0) is 13.0. The van der Waals surface area contributed by atoms with Gasteiger partial charge >= 0.3 is 0 Å². The van der Waals surface area contributed by atoms with Gasteiger partial charge in [0.1, 0.15) is 0 Å². The lowest BCUT2D eigenvalue weighted by Crippen LogP contribution is -2.22. The third-order valence-electron chi connectivity index (χ3n) is 2.91. The number of aromatic nitrogens is 3. The predicted molar refractivity (Wildman–Crippen MR) is 74.9 cm³/mol. The summed E-state index contributed by atoms with van der Waals surface area (Å²) in [7, 11) is 0. The molecule has 0 radical (unpaired) electrons. The summed E-state index contributed by atoms with van der Waals surface area (Å²) < 4.78 is 1.96. The predicted octanol–water partition coefficient (Wildman–Crippen LogP) is 2.56. The Morgan fingerprint density at radius 1 is 1.44 bits per heavy atom.